The SMILES string of the molecule is CCCC/C=C\CCCCCCCC(=O)OCC(COC1OC(CO)C(O)C(O)C1O)OC(=O)CCCCCCC/C=C\C/C=C\CCCCCC. The van der Waals surface area contributed by atoms with Gasteiger partial charge in [0.05, 0.1) is 13.2 Å². The van der Waals surface area contributed by atoms with Gasteiger partial charge in [-0.25, -0.2) is 0 Å². The van der Waals surface area contributed by atoms with Crippen molar-refractivity contribution in [1.82, 2.24) is 0 Å². The van der Waals surface area contributed by atoms with Gasteiger partial charge in [-0.3, -0.25) is 9.59 Å². The molecular weight excluding hydrogens is 664 g/mol. The van der Waals surface area contributed by atoms with Crippen molar-refractivity contribution < 1.29 is 49.0 Å². The van der Waals surface area contributed by atoms with Gasteiger partial charge in [0.15, 0.2) is 12.4 Å². The number of carbonyl (C=O) groups is 2. The van der Waals surface area contributed by atoms with Crippen LogP contribution >= 0.6 is 0 Å². The van der Waals surface area contributed by atoms with Gasteiger partial charge in [-0.1, -0.05) is 121 Å². The van der Waals surface area contributed by atoms with Crippen LogP contribution < -0.4 is 0 Å². The van der Waals surface area contributed by atoms with Gasteiger partial charge in [0.2, 0.25) is 0 Å². The molecule has 52 heavy (non-hydrogen) atoms. The Hall–Kier alpha value is -2.08. The van der Waals surface area contributed by atoms with Crippen molar-refractivity contribution in [2.45, 2.75) is 198 Å². The lowest BCUT2D eigenvalue weighted by Gasteiger charge is -2.39. The fraction of sp³-hybridized carbons (Fsp3) is 0.810. The molecule has 1 fully saturated rings. The highest BCUT2D eigenvalue weighted by molar-refractivity contribution is 5.70. The number of hydrogen-bond acceptors (Lipinski definition) is 10. The van der Waals surface area contributed by atoms with Gasteiger partial charge in [-0.05, 0) is 64.2 Å². The van der Waals surface area contributed by atoms with Gasteiger partial charge in [0.25, 0.3) is 0 Å². The van der Waals surface area contributed by atoms with Crippen LogP contribution in [0.25, 0.3) is 0 Å². The zero-order chi connectivity index (χ0) is 38.1. The lowest BCUT2D eigenvalue weighted by Crippen LogP contribution is -2.59. The third-order valence-corrected chi connectivity index (χ3v) is 9.25. The highest BCUT2D eigenvalue weighted by atomic mass is 16.7. The van der Waals surface area contributed by atoms with E-state index in [0.29, 0.717) is 12.8 Å². The summed E-state index contributed by atoms with van der Waals surface area (Å²) in [4.78, 5) is 25.2. The number of rotatable bonds is 33. The molecule has 10 heteroatoms. The van der Waals surface area contributed by atoms with Crippen molar-refractivity contribution in [3.05, 3.63) is 36.5 Å². The summed E-state index contributed by atoms with van der Waals surface area (Å²) in [5, 5.41) is 39.9. The van der Waals surface area contributed by atoms with Crippen LogP contribution in [-0.4, -0.2) is 89.0 Å². The molecule has 0 aromatic carbocycles. The Morgan fingerprint density at radius 2 is 1.10 bits per heavy atom. The van der Waals surface area contributed by atoms with E-state index in [1.807, 2.05) is 0 Å². The molecule has 0 aliphatic carbocycles. The molecule has 1 aliphatic heterocycles. The smallest absolute Gasteiger partial charge is 0.306 e. The molecule has 0 spiro atoms. The largest absolute Gasteiger partial charge is 0.462 e. The van der Waals surface area contributed by atoms with Crippen LogP contribution in [0.15, 0.2) is 36.5 Å². The summed E-state index contributed by atoms with van der Waals surface area (Å²) < 4.78 is 22.1. The first-order chi connectivity index (χ1) is 25.3. The van der Waals surface area contributed by atoms with Crippen molar-refractivity contribution >= 4 is 11.9 Å². The summed E-state index contributed by atoms with van der Waals surface area (Å²) in [6, 6.07) is 0. The molecule has 1 heterocycles. The second-order valence-electron chi connectivity index (χ2n) is 14.1. The second-order valence-corrected chi connectivity index (χ2v) is 14.1. The Morgan fingerprint density at radius 3 is 1.67 bits per heavy atom. The van der Waals surface area contributed by atoms with Crippen LogP contribution in [0.3, 0.4) is 0 Å². The van der Waals surface area contributed by atoms with Crippen molar-refractivity contribution in [1.29, 1.82) is 0 Å². The van der Waals surface area contributed by atoms with Crippen LogP contribution in [0.1, 0.15) is 162 Å². The minimum Gasteiger partial charge on any atom is -0.462 e. The van der Waals surface area contributed by atoms with Gasteiger partial charge < -0.3 is 39.4 Å². The minimum atomic E-state index is -1.60. The van der Waals surface area contributed by atoms with Crippen LogP contribution in [0, 0.1) is 0 Å². The molecule has 0 aromatic heterocycles. The van der Waals surface area contributed by atoms with E-state index in [4.69, 9.17) is 18.9 Å². The number of aliphatic hydroxyl groups is 4. The third kappa shape index (κ3) is 25.0. The Balaban J connectivity index is 2.39. The zero-order valence-corrected chi connectivity index (χ0v) is 32.6. The van der Waals surface area contributed by atoms with Crippen molar-refractivity contribution in [2.24, 2.45) is 0 Å². The van der Waals surface area contributed by atoms with Gasteiger partial charge in [-0.15, -0.1) is 0 Å². The van der Waals surface area contributed by atoms with Crippen molar-refractivity contribution in [3.8, 4) is 0 Å². The highest BCUT2D eigenvalue weighted by Crippen LogP contribution is 2.22. The van der Waals surface area contributed by atoms with E-state index in [9.17, 15) is 30.0 Å². The zero-order valence-electron chi connectivity index (χ0n) is 32.6. The fourth-order valence-electron chi connectivity index (χ4n) is 5.90. The van der Waals surface area contributed by atoms with Gasteiger partial charge in [-0.2, -0.15) is 0 Å². The van der Waals surface area contributed by atoms with E-state index < -0.39 is 55.4 Å². The first kappa shape index (κ1) is 47.9. The number of aliphatic hydroxyl groups excluding tert-OH is 4. The Morgan fingerprint density at radius 1 is 0.596 bits per heavy atom. The summed E-state index contributed by atoms with van der Waals surface area (Å²) >= 11 is 0. The Kier molecular flexibility index (Phi) is 30.9. The third-order valence-electron chi connectivity index (χ3n) is 9.25. The van der Waals surface area contributed by atoms with Crippen LogP contribution in [0.5, 0.6) is 0 Å². The lowest BCUT2D eigenvalue weighted by atomic mass is 9.99. The molecule has 1 rings (SSSR count). The fourth-order valence-corrected chi connectivity index (χ4v) is 5.90. The molecule has 1 aliphatic rings. The van der Waals surface area contributed by atoms with E-state index in [0.717, 1.165) is 77.0 Å². The predicted molar refractivity (Wildman–Crippen MR) is 206 cm³/mol. The summed E-state index contributed by atoms with van der Waals surface area (Å²) in [6.07, 6.45) is 28.7. The monoisotopic (exact) mass is 739 g/mol. The molecule has 6 unspecified atom stereocenters. The van der Waals surface area contributed by atoms with Crippen LogP contribution in [0.2, 0.25) is 0 Å². The first-order valence-electron chi connectivity index (χ1n) is 20.6. The highest BCUT2D eigenvalue weighted by Gasteiger charge is 2.44. The number of esters is 2. The average molecular weight is 739 g/mol. The van der Waals surface area contributed by atoms with E-state index in [2.05, 4.69) is 50.3 Å². The maximum atomic E-state index is 12.7. The average Bonchev–Trinajstić information content (AvgIpc) is 3.14. The van der Waals surface area contributed by atoms with Gasteiger partial charge in [0.1, 0.15) is 31.0 Å². The molecule has 0 radical (unpaired) electrons. The van der Waals surface area contributed by atoms with E-state index in [1.165, 1.54) is 44.9 Å². The van der Waals surface area contributed by atoms with E-state index in [1.54, 1.807) is 0 Å². The summed E-state index contributed by atoms with van der Waals surface area (Å²) in [7, 11) is 0. The van der Waals surface area contributed by atoms with Crippen molar-refractivity contribution in [3.63, 3.8) is 0 Å². The number of allylic oxidation sites excluding steroid dienone is 6. The molecule has 1 saturated heterocycles. The van der Waals surface area contributed by atoms with Crippen molar-refractivity contribution in [2.75, 3.05) is 19.8 Å². The molecule has 302 valence electrons. The molecule has 10 nitrogen and oxygen atoms in total. The predicted octanol–water partition coefficient (Wildman–Crippen LogP) is 7.94. The molecule has 0 saturated carbocycles. The maximum Gasteiger partial charge on any atom is 0.306 e. The van der Waals surface area contributed by atoms with Gasteiger partial charge >= 0.3 is 11.9 Å². The van der Waals surface area contributed by atoms with Crippen LogP contribution in [-0.2, 0) is 28.5 Å². The molecule has 6 atom stereocenters. The summed E-state index contributed by atoms with van der Waals surface area (Å²) in [5.74, 6) is -0.836. The molecule has 4 N–H and O–H groups in total. The maximum absolute atomic E-state index is 12.7. The molecule has 0 amide bonds. The first-order valence-corrected chi connectivity index (χ1v) is 20.6. The molecule has 0 aromatic rings. The lowest BCUT2D eigenvalue weighted by molar-refractivity contribution is -0.305. The summed E-state index contributed by atoms with van der Waals surface area (Å²) in [6.45, 7) is 3.32. The number of ether oxygens (including phenoxy) is 4. The quantitative estimate of drug-likeness (QED) is 0.0297. The number of carbonyl (C=O) groups excluding carboxylic acids is 2. The molecular formula is C42H74O10. The standard InChI is InChI=1S/C42H74O10/c1-3-5-7-9-11-13-15-16-17-18-19-21-23-25-27-29-31-38(45)51-35(34-50-42-41(48)40(47)39(46)36(32-43)52-42)33-49-37(44)30-28-26-24-22-20-14-12-10-8-6-4-2/h10,12-13,15,17-18,35-36,39-43,46-48H,3-9,11,14,16,19-34H2,1-2H3/b12-10-,15-13-,18-17-. The Labute approximate surface area is 315 Å². The number of unbranched alkanes of at least 4 members (excludes halogenated alkanes) is 16. The van der Waals surface area contributed by atoms with Gasteiger partial charge in [0, 0.05) is 12.8 Å². The normalized spacial score (nSPS) is 21.4. The number of hydrogen-bond donors (Lipinski definition) is 4. The van der Waals surface area contributed by atoms with E-state index in [-0.39, 0.29) is 26.1 Å². The topological polar surface area (TPSA) is 152 Å². The van der Waals surface area contributed by atoms with E-state index >= 15 is 0 Å². The van der Waals surface area contributed by atoms with Crippen LogP contribution in [0.4, 0.5) is 0 Å². The second kappa shape index (κ2) is 33.5. The minimum absolute atomic E-state index is 0.212. The Bertz CT molecular complexity index is 949. The molecule has 0 bridgehead atoms. The summed E-state index contributed by atoms with van der Waals surface area (Å²) in [5.41, 5.74) is 0.